The Morgan fingerprint density at radius 2 is 0.165 bits per heavy atom. The van der Waals surface area contributed by atoms with Crippen LogP contribution in [0.25, 0.3) is 0 Å². The molecule has 0 aromatic carbocycles. The van der Waals surface area contributed by atoms with Gasteiger partial charge in [0.2, 0.25) is 0 Å². The third kappa shape index (κ3) is 60.8. The van der Waals surface area contributed by atoms with Crippen LogP contribution < -0.4 is 0 Å². The summed E-state index contributed by atoms with van der Waals surface area (Å²) in [4.78, 5) is 0. The predicted octanol–water partition coefficient (Wildman–Crippen LogP) is 22.9. The largest absolute Gasteiger partial charge is 0.669 e. The first kappa shape index (κ1) is 138. The van der Waals surface area contributed by atoms with E-state index in [1.807, 2.05) is 254 Å². The lowest BCUT2D eigenvalue weighted by Gasteiger charge is -2.45. The van der Waals surface area contributed by atoms with Gasteiger partial charge in [0, 0.05) is 21.3 Å². The molecular weight excluding hydrogens is 2250 g/mol. The van der Waals surface area contributed by atoms with Crippen molar-refractivity contribution in [3.8, 4) is 0 Å². The van der Waals surface area contributed by atoms with Crippen LogP contribution in [-0.4, -0.2) is 296 Å². The summed E-state index contributed by atoms with van der Waals surface area (Å²) >= 11 is 0. The lowest BCUT2D eigenvalue weighted by atomic mass is 11.3. The van der Waals surface area contributed by atoms with E-state index < -0.39 is 274 Å². The molecule has 0 spiro atoms. The van der Waals surface area contributed by atoms with Gasteiger partial charge in [-0.2, -0.15) is 0 Å². The Morgan fingerprint density at radius 1 is 0.105 bits per heavy atom. The van der Waals surface area contributed by atoms with Gasteiger partial charge in [0.25, 0.3) is 0 Å². The zero-order valence-electron chi connectivity index (χ0n) is 96.2. The van der Waals surface area contributed by atoms with Gasteiger partial charge in [-0.25, -0.2) is 0 Å². The summed E-state index contributed by atoms with van der Waals surface area (Å²) in [5, 5.41) is 0. The molecule has 0 radical (unpaired) electrons. The van der Waals surface area contributed by atoms with E-state index in [-0.39, 0.29) is 0 Å². The quantitative estimate of drug-likeness (QED) is 0.0511. The van der Waals surface area contributed by atoms with Crippen LogP contribution in [0, 0.1) is 0 Å². The standard InChI is InChI=1S/C67H198O34Si32/c1-67-102(5,6)71-103(7,8)72-104(9,10)73-105(11,12)74-106(13,14)75-107(15,16)76-108(17,18)77-109(19,20)78-110(21,22)79-111(23,24)80-112(25,26)81-113(27,28)82-114(29,30)83-115(31,32)84-116(33,34)85-117(35,36)86-118(37,38)87-119(39,40)88-120(41,42)89-121(43,44)90-122(45,46)91-123(47,48)92-124(49,50)93-125(51,52)94-126(53,54)95-127(55,56)96-128(57,58)97-129(59,60)98-130(61,62)99-131(63,64)100-132(65,66)101-133(68-2,69-3)70-4/h67H,1H2,2-66H3. The van der Waals surface area contributed by atoms with Crippen LogP contribution in [0.2, 0.25) is 406 Å². The van der Waals surface area contributed by atoms with Gasteiger partial charge in [-0.15, -0.1) is 6.58 Å². The molecule has 133 heavy (non-hydrogen) atoms. The second-order valence-electron chi connectivity index (χ2n) is 48.1. The first-order valence-corrected chi connectivity index (χ1v) is 135. The highest BCUT2D eigenvalue weighted by atomic mass is 28.6. The van der Waals surface area contributed by atoms with Gasteiger partial charge in [0.15, 0.2) is 8.32 Å². The first-order chi connectivity index (χ1) is 57.2. The van der Waals surface area contributed by atoms with E-state index in [0.717, 1.165) is 0 Å². The molecule has 34 nitrogen and oxygen atoms in total. The molecule has 798 valence electrons. The highest BCUT2D eigenvalue weighted by Gasteiger charge is 2.60. The summed E-state index contributed by atoms with van der Waals surface area (Å²) in [6.07, 6.45) is 0. The van der Waals surface area contributed by atoms with E-state index in [1.54, 1.807) is 0 Å². The summed E-state index contributed by atoms with van der Waals surface area (Å²) in [5.74, 6) is 0. The smallest absolute Gasteiger partial charge is 0.433 e. The molecule has 0 saturated heterocycles. The Hall–Kier alpha value is 5.32. The maximum Gasteiger partial charge on any atom is 0.669 e. The summed E-state index contributed by atoms with van der Waals surface area (Å²) in [6.45, 7) is 131. The van der Waals surface area contributed by atoms with Crippen molar-refractivity contribution in [2.75, 3.05) is 21.3 Å². The minimum atomic E-state index is -3.38. The van der Waals surface area contributed by atoms with Gasteiger partial charge in [-0.1, -0.05) is 5.70 Å². The fraction of sp³-hybridized carbons (Fsp3) is 0.970. The third-order valence-corrected chi connectivity index (χ3v) is 140. The maximum absolute atomic E-state index is 7.04. The van der Waals surface area contributed by atoms with Crippen molar-refractivity contribution in [1.29, 1.82) is 0 Å². The monoisotopic (exact) mass is 2440 g/mol. The van der Waals surface area contributed by atoms with Gasteiger partial charge in [-0.05, 0) is 406 Å². The van der Waals surface area contributed by atoms with Crippen LogP contribution in [-0.2, 0) is 141 Å². The third-order valence-electron chi connectivity index (χ3n) is 16.4. The molecule has 0 aliphatic carbocycles. The molecule has 0 unspecified atom stereocenters. The van der Waals surface area contributed by atoms with Gasteiger partial charge in [0.05, 0.1) is 0 Å². The van der Waals surface area contributed by atoms with Crippen molar-refractivity contribution in [2.24, 2.45) is 0 Å². The lowest BCUT2D eigenvalue weighted by molar-refractivity contribution is 0.0403. The zero-order chi connectivity index (χ0) is 107. The van der Waals surface area contributed by atoms with Gasteiger partial charge in [0.1, 0.15) is 0 Å². The molecule has 0 aliphatic heterocycles. The Morgan fingerprint density at radius 3 is 0.226 bits per heavy atom. The van der Waals surface area contributed by atoms with E-state index in [0.29, 0.717) is 0 Å². The second kappa shape index (κ2) is 47.3. The first-order valence-electron chi connectivity index (χ1n) is 46.2. The summed E-state index contributed by atoms with van der Waals surface area (Å²) in [6, 6.07) is 0. The number of rotatable bonds is 66. The van der Waals surface area contributed by atoms with Crippen molar-refractivity contribution in [3.05, 3.63) is 12.3 Å². The van der Waals surface area contributed by atoms with Crippen LogP contribution in [0.5, 0.6) is 0 Å². The highest BCUT2D eigenvalue weighted by Crippen LogP contribution is 2.39. The van der Waals surface area contributed by atoms with Crippen molar-refractivity contribution < 1.29 is 141 Å². The fourth-order valence-corrected chi connectivity index (χ4v) is 182. The summed E-state index contributed by atoms with van der Waals surface area (Å²) in [7, 11) is -87.7. The van der Waals surface area contributed by atoms with Crippen molar-refractivity contribution in [2.45, 2.75) is 406 Å². The molecule has 66 heteroatoms. The number of hydrogen-bond donors (Lipinski definition) is 0. The van der Waals surface area contributed by atoms with Crippen LogP contribution in [0.15, 0.2) is 12.3 Å². The van der Waals surface area contributed by atoms with E-state index in [4.69, 9.17) is 141 Å². The Labute approximate surface area is 846 Å². The molecule has 0 atom stereocenters. The highest BCUT2D eigenvalue weighted by molar-refractivity contribution is 6.99. The minimum Gasteiger partial charge on any atom is -0.433 e. The normalized spacial score (nSPS) is 16.2. The van der Waals surface area contributed by atoms with E-state index in [1.165, 1.54) is 21.3 Å². The molecular formula is C67H198O34Si32. The molecule has 0 aromatic heterocycles. The van der Waals surface area contributed by atoms with Crippen molar-refractivity contribution in [3.63, 3.8) is 0 Å². The molecule has 0 fully saturated rings. The molecule has 0 bridgehead atoms. The van der Waals surface area contributed by atoms with Crippen LogP contribution in [0.4, 0.5) is 0 Å². The topological polar surface area (TPSA) is 314 Å². The van der Waals surface area contributed by atoms with Gasteiger partial charge in [-0.3, -0.25) is 0 Å². The molecule has 0 heterocycles. The maximum atomic E-state index is 7.04. The van der Waals surface area contributed by atoms with Crippen LogP contribution in [0.1, 0.15) is 0 Å². The van der Waals surface area contributed by atoms with Crippen LogP contribution >= 0.6 is 0 Å². The average molecular weight is 2450 g/mol. The van der Waals surface area contributed by atoms with Crippen molar-refractivity contribution >= 4 is 274 Å². The summed E-state index contributed by atoms with van der Waals surface area (Å²) in [5.41, 5.74) is 1.94. The van der Waals surface area contributed by atoms with E-state index in [2.05, 4.69) is 164 Å². The zero-order valence-corrected chi connectivity index (χ0v) is 128. The Balaban J connectivity index is 6.00. The Kier molecular flexibility index (Phi) is 49.2. The predicted molar refractivity (Wildman–Crippen MR) is 613 cm³/mol. The SMILES string of the molecule is C=C[Si](C)(C)O[Si](C)(C)O[Si](C)(C)O[Si](C)(C)O[Si](C)(C)O[Si](C)(C)O[Si](C)(C)O[Si](C)(C)O[Si](C)(C)O[Si](C)(C)O[Si](C)(C)O[Si](C)(C)O[Si](C)(C)O[Si](C)(C)O[Si](C)(C)O[Si](C)(C)O[Si](C)(C)O[Si](C)(C)O[Si](C)(C)O[Si](C)(C)O[Si](C)(C)O[Si](C)(C)O[Si](C)(C)O[Si](C)(C)O[Si](C)(C)O[Si](C)(C)O[Si](C)(C)O[Si](C)(C)O[Si](C)(C)O[Si](C)(C)O[Si](C)(C)O[Si](OC)(OC)OC. The number of hydrogen-bond acceptors (Lipinski definition) is 34. The van der Waals surface area contributed by atoms with Crippen molar-refractivity contribution in [1.82, 2.24) is 0 Å². The molecule has 0 N–H and O–H groups in total. The second-order valence-corrected chi connectivity index (χ2v) is 163. The van der Waals surface area contributed by atoms with E-state index in [9.17, 15) is 0 Å². The molecule has 0 saturated carbocycles. The minimum absolute atomic E-state index is 1.50. The molecule has 0 aliphatic rings. The average Bonchev–Trinajstić information content (AvgIpc) is 1.57. The molecule has 0 amide bonds. The van der Waals surface area contributed by atoms with Crippen LogP contribution in [0.3, 0.4) is 0 Å². The van der Waals surface area contributed by atoms with Gasteiger partial charge < -0.3 is 141 Å². The lowest BCUT2D eigenvalue weighted by Crippen LogP contribution is -2.63. The molecule has 0 rings (SSSR count). The summed E-state index contributed by atoms with van der Waals surface area (Å²) < 4.78 is 231. The molecule has 0 aromatic rings. The van der Waals surface area contributed by atoms with E-state index >= 15 is 0 Å². The fourth-order valence-electron chi connectivity index (χ4n) is 19.1. The Bertz CT molecular complexity index is 3480. The van der Waals surface area contributed by atoms with Gasteiger partial charge >= 0.3 is 266 Å².